The molecule has 0 spiro atoms. The smallest absolute Gasteiger partial charge is 0.233 e. The molecule has 3 nitrogen and oxygen atoms in total. The second-order valence-electron chi connectivity index (χ2n) is 5.16. The van der Waals surface area contributed by atoms with E-state index in [4.69, 9.17) is 18.0 Å². The van der Waals surface area contributed by atoms with Crippen LogP contribution >= 0.6 is 12.2 Å². The summed E-state index contributed by atoms with van der Waals surface area (Å²) in [5.41, 5.74) is 7.17. The molecule has 0 aliphatic heterocycles. The van der Waals surface area contributed by atoms with Crippen LogP contribution in [0.25, 0.3) is 0 Å². The van der Waals surface area contributed by atoms with E-state index in [2.05, 4.69) is 5.32 Å². The topological polar surface area (TPSA) is 55.1 Å². The van der Waals surface area contributed by atoms with E-state index in [1.165, 1.54) is 5.56 Å². The largest absolute Gasteiger partial charge is 0.392 e. The Bertz CT molecular complexity index is 470. The van der Waals surface area contributed by atoms with Gasteiger partial charge in [0.25, 0.3) is 0 Å². The van der Waals surface area contributed by atoms with Crippen molar-refractivity contribution in [2.75, 3.05) is 0 Å². The minimum absolute atomic E-state index is 0.0617. The van der Waals surface area contributed by atoms with Crippen LogP contribution in [-0.2, 0) is 4.79 Å². The molecule has 2 atom stereocenters. The molecule has 19 heavy (non-hydrogen) atoms. The molecule has 0 radical (unpaired) electrons. The van der Waals surface area contributed by atoms with Gasteiger partial charge in [-0.3, -0.25) is 4.79 Å². The lowest BCUT2D eigenvalue weighted by Gasteiger charge is -2.27. The first-order valence-electron chi connectivity index (χ1n) is 6.48. The molecule has 0 saturated heterocycles. The van der Waals surface area contributed by atoms with Crippen molar-refractivity contribution < 1.29 is 4.79 Å². The minimum Gasteiger partial charge on any atom is -0.392 e. The molecule has 0 fully saturated rings. The number of hydrogen-bond acceptors (Lipinski definition) is 2. The monoisotopic (exact) mass is 278 g/mol. The molecule has 1 amide bonds. The number of nitrogens with one attached hydrogen (secondary N) is 1. The van der Waals surface area contributed by atoms with Gasteiger partial charge in [-0.05, 0) is 32.8 Å². The molecule has 0 bridgehead atoms. The Labute approximate surface area is 120 Å². The number of rotatable bonds is 5. The van der Waals surface area contributed by atoms with Crippen molar-refractivity contribution in [3.63, 3.8) is 0 Å². The van der Waals surface area contributed by atoms with Gasteiger partial charge < -0.3 is 11.1 Å². The Kier molecular flexibility index (Phi) is 5.06. The molecule has 0 aromatic heterocycles. The normalized spacial score (nSPS) is 15.4. The molecule has 1 aromatic carbocycles. The number of carbonyl (C=O) groups is 1. The van der Waals surface area contributed by atoms with Crippen molar-refractivity contribution in [3.05, 3.63) is 35.4 Å². The van der Waals surface area contributed by atoms with Gasteiger partial charge in [0.05, 0.1) is 16.4 Å². The van der Waals surface area contributed by atoms with Crippen LogP contribution in [-0.4, -0.2) is 10.9 Å². The fraction of sp³-hybridized carbons (Fsp3) is 0.467. The van der Waals surface area contributed by atoms with Crippen LogP contribution in [0.5, 0.6) is 0 Å². The molecule has 4 heteroatoms. The Morgan fingerprint density at radius 3 is 2.37 bits per heavy atom. The third kappa shape index (κ3) is 3.53. The van der Waals surface area contributed by atoms with Gasteiger partial charge in [0.2, 0.25) is 5.91 Å². The molecule has 1 rings (SSSR count). The number of aryl methyl sites for hydroxylation is 1. The molecule has 2 unspecified atom stereocenters. The zero-order valence-electron chi connectivity index (χ0n) is 12.0. The summed E-state index contributed by atoms with van der Waals surface area (Å²) < 4.78 is 0. The van der Waals surface area contributed by atoms with Crippen molar-refractivity contribution in [2.45, 2.75) is 40.2 Å². The van der Waals surface area contributed by atoms with Gasteiger partial charge in [-0.15, -0.1) is 0 Å². The highest BCUT2D eigenvalue weighted by atomic mass is 32.1. The van der Waals surface area contributed by atoms with Crippen molar-refractivity contribution in [2.24, 2.45) is 11.1 Å². The standard InChI is InChI=1S/C15H22N2OS/c1-5-15(4,13(16)19)14(18)17-11(3)12-8-6-10(2)7-9-12/h6-9,11H,5H2,1-4H3,(H2,16,19)(H,17,18). The third-order valence-electron chi connectivity index (χ3n) is 3.68. The first kappa shape index (κ1) is 15.6. The van der Waals surface area contributed by atoms with Gasteiger partial charge in [-0.1, -0.05) is 49.0 Å². The van der Waals surface area contributed by atoms with Gasteiger partial charge >= 0.3 is 0 Å². The van der Waals surface area contributed by atoms with Gasteiger partial charge in [0.15, 0.2) is 0 Å². The van der Waals surface area contributed by atoms with E-state index >= 15 is 0 Å². The minimum atomic E-state index is -0.783. The molecule has 104 valence electrons. The van der Waals surface area contributed by atoms with E-state index in [0.717, 1.165) is 5.56 Å². The van der Waals surface area contributed by atoms with Crippen LogP contribution < -0.4 is 11.1 Å². The molecule has 1 aromatic rings. The quantitative estimate of drug-likeness (QED) is 0.814. The SMILES string of the molecule is CCC(C)(C(=O)NC(C)c1ccc(C)cc1)C(N)=S. The van der Waals surface area contributed by atoms with E-state index in [1.54, 1.807) is 6.92 Å². The number of carbonyl (C=O) groups excluding carboxylic acids is 1. The van der Waals surface area contributed by atoms with Crippen molar-refractivity contribution >= 4 is 23.1 Å². The number of hydrogen-bond donors (Lipinski definition) is 2. The molecule has 0 heterocycles. The van der Waals surface area contributed by atoms with Crippen LogP contribution in [0.1, 0.15) is 44.4 Å². The lowest BCUT2D eigenvalue weighted by atomic mass is 9.86. The highest BCUT2D eigenvalue weighted by molar-refractivity contribution is 7.80. The fourth-order valence-corrected chi connectivity index (χ4v) is 1.98. The number of thiocarbonyl (C=S) groups is 1. The first-order valence-corrected chi connectivity index (χ1v) is 6.89. The average Bonchev–Trinajstić information content (AvgIpc) is 2.37. The molecule has 0 aliphatic rings. The highest BCUT2D eigenvalue weighted by Gasteiger charge is 2.35. The Balaban J connectivity index is 2.81. The summed E-state index contributed by atoms with van der Waals surface area (Å²) in [4.78, 5) is 12.5. The Morgan fingerprint density at radius 2 is 1.95 bits per heavy atom. The lowest BCUT2D eigenvalue weighted by Crippen LogP contribution is -2.47. The molecule has 0 aliphatic carbocycles. The zero-order chi connectivity index (χ0) is 14.6. The predicted octanol–water partition coefficient (Wildman–Crippen LogP) is 2.87. The van der Waals surface area contributed by atoms with Gasteiger partial charge in [-0.2, -0.15) is 0 Å². The molecular weight excluding hydrogens is 256 g/mol. The van der Waals surface area contributed by atoms with Gasteiger partial charge in [-0.25, -0.2) is 0 Å². The summed E-state index contributed by atoms with van der Waals surface area (Å²) in [5, 5.41) is 2.98. The summed E-state index contributed by atoms with van der Waals surface area (Å²) in [6, 6.07) is 8.04. The summed E-state index contributed by atoms with van der Waals surface area (Å²) in [6.45, 7) is 7.69. The van der Waals surface area contributed by atoms with Gasteiger partial charge in [0.1, 0.15) is 0 Å². The molecule has 0 saturated carbocycles. The van der Waals surface area contributed by atoms with Crippen LogP contribution in [0.15, 0.2) is 24.3 Å². The second kappa shape index (κ2) is 6.15. The number of amides is 1. The lowest BCUT2D eigenvalue weighted by molar-refractivity contribution is -0.127. The summed E-state index contributed by atoms with van der Waals surface area (Å²) >= 11 is 5.01. The summed E-state index contributed by atoms with van der Waals surface area (Å²) in [6.07, 6.45) is 0.592. The second-order valence-corrected chi connectivity index (χ2v) is 5.60. The first-order chi connectivity index (χ1) is 8.81. The van der Waals surface area contributed by atoms with Crippen LogP contribution in [0.2, 0.25) is 0 Å². The van der Waals surface area contributed by atoms with Crippen LogP contribution in [0, 0.1) is 12.3 Å². The van der Waals surface area contributed by atoms with E-state index in [0.29, 0.717) is 6.42 Å². The van der Waals surface area contributed by atoms with Crippen LogP contribution in [0.3, 0.4) is 0 Å². The van der Waals surface area contributed by atoms with Crippen molar-refractivity contribution in [1.82, 2.24) is 5.32 Å². The summed E-state index contributed by atoms with van der Waals surface area (Å²) in [5.74, 6) is -0.115. The highest BCUT2D eigenvalue weighted by Crippen LogP contribution is 2.23. The molecular formula is C15H22N2OS. The summed E-state index contributed by atoms with van der Waals surface area (Å²) in [7, 11) is 0. The maximum Gasteiger partial charge on any atom is 0.233 e. The average molecular weight is 278 g/mol. The fourth-order valence-electron chi connectivity index (χ4n) is 1.74. The molecule has 3 N–H and O–H groups in total. The van der Waals surface area contributed by atoms with E-state index < -0.39 is 5.41 Å². The van der Waals surface area contributed by atoms with Crippen molar-refractivity contribution in [1.29, 1.82) is 0 Å². The Hall–Kier alpha value is -1.42. The Morgan fingerprint density at radius 1 is 1.42 bits per heavy atom. The number of nitrogens with two attached hydrogens (primary N) is 1. The zero-order valence-corrected chi connectivity index (χ0v) is 12.8. The number of benzene rings is 1. The maximum atomic E-state index is 12.3. The maximum absolute atomic E-state index is 12.3. The predicted molar refractivity (Wildman–Crippen MR) is 82.9 cm³/mol. The van der Waals surface area contributed by atoms with E-state index in [1.807, 2.05) is 45.0 Å². The third-order valence-corrected chi connectivity index (χ3v) is 4.13. The van der Waals surface area contributed by atoms with Crippen molar-refractivity contribution in [3.8, 4) is 0 Å². The van der Waals surface area contributed by atoms with E-state index in [-0.39, 0.29) is 16.9 Å². The van der Waals surface area contributed by atoms with Gasteiger partial charge in [0, 0.05) is 0 Å². The van der Waals surface area contributed by atoms with E-state index in [9.17, 15) is 4.79 Å². The van der Waals surface area contributed by atoms with Crippen LogP contribution in [0.4, 0.5) is 0 Å².